The first kappa shape index (κ1) is 17.5. The van der Waals surface area contributed by atoms with Gasteiger partial charge in [0.05, 0.1) is 5.69 Å². The van der Waals surface area contributed by atoms with Crippen molar-refractivity contribution < 1.29 is 4.39 Å². The molecule has 1 N–H and O–H groups in total. The van der Waals surface area contributed by atoms with Gasteiger partial charge in [-0.3, -0.25) is 5.10 Å². The van der Waals surface area contributed by atoms with Crippen LogP contribution < -0.4 is 4.90 Å². The van der Waals surface area contributed by atoms with Crippen LogP contribution in [0.15, 0.2) is 48.5 Å². The van der Waals surface area contributed by atoms with E-state index in [1.165, 1.54) is 41.8 Å². The van der Waals surface area contributed by atoms with Gasteiger partial charge in [-0.25, -0.2) is 4.39 Å². The van der Waals surface area contributed by atoms with E-state index in [2.05, 4.69) is 46.3 Å². The number of rotatable bonds is 4. The molecule has 2 heterocycles. The topological polar surface area (TPSA) is 31.9 Å². The van der Waals surface area contributed by atoms with Crippen LogP contribution in [0.2, 0.25) is 0 Å². The number of hydrogen-bond acceptors (Lipinski definition) is 2. The summed E-state index contributed by atoms with van der Waals surface area (Å²) in [4.78, 5) is 2.48. The van der Waals surface area contributed by atoms with E-state index < -0.39 is 0 Å². The van der Waals surface area contributed by atoms with Gasteiger partial charge in [-0.1, -0.05) is 24.3 Å². The smallest absolute Gasteiger partial charge is 0.123 e. The Morgan fingerprint density at radius 2 is 1.61 bits per heavy atom. The van der Waals surface area contributed by atoms with Gasteiger partial charge in [0, 0.05) is 35.4 Å². The molecule has 1 aliphatic carbocycles. The lowest BCUT2D eigenvalue weighted by Crippen LogP contribution is -2.29. The van der Waals surface area contributed by atoms with Crippen molar-refractivity contribution in [3.05, 3.63) is 71.2 Å². The van der Waals surface area contributed by atoms with Crippen LogP contribution in [0.3, 0.4) is 0 Å². The molecule has 0 atom stereocenters. The average Bonchev–Trinajstić information content (AvgIpc) is 3.45. The quantitative estimate of drug-likeness (QED) is 0.644. The summed E-state index contributed by atoms with van der Waals surface area (Å²) < 4.78 is 13.3. The fourth-order valence-corrected chi connectivity index (χ4v) is 4.70. The highest BCUT2D eigenvalue weighted by molar-refractivity contribution is 5.68. The summed E-state index contributed by atoms with van der Waals surface area (Å²) in [5, 5.41) is 7.98. The van der Waals surface area contributed by atoms with Gasteiger partial charge in [0.1, 0.15) is 5.82 Å². The lowest BCUT2D eigenvalue weighted by Gasteiger charge is -2.28. The molecule has 2 aromatic carbocycles. The molecule has 0 bridgehead atoms. The molecule has 3 aromatic rings. The second kappa shape index (κ2) is 6.77. The molecule has 5 rings (SSSR count). The second-order valence-electron chi connectivity index (χ2n) is 8.26. The maximum atomic E-state index is 13.3. The number of benzene rings is 2. The molecule has 0 unspecified atom stereocenters. The molecule has 4 heteroatoms. The highest BCUT2D eigenvalue weighted by atomic mass is 19.1. The van der Waals surface area contributed by atoms with E-state index in [0.717, 1.165) is 37.2 Å². The highest BCUT2D eigenvalue weighted by Crippen LogP contribution is 2.54. The van der Waals surface area contributed by atoms with E-state index in [1.807, 2.05) is 12.1 Å². The van der Waals surface area contributed by atoms with Crippen LogP contribution in [0.4, 0.5) is 10.1 Å². The zero-order valence-corrected chi connectivity index (χ0v) is 16.3. The molecule has 2 fully saturated rings. The fraction of sp³-hybridized carbons (Fsp3) is 0.375. The number of aromatic nitrogens is 2. The zero-order chi connectivity index (χ0) is 19.1. The number of halogens is 1. The Labute approximate surface area is 165 Å². The molecule has 144 valence electrons. The van der Waals surface area contributed by atoms with Gasteiger partial charge < -0.3 is 4.90 Å². The van der Waals surface area contributed by atoms with Crippen molar-refractivity contribution in [1.29, 1.82) is 0 Å². The maximum Gasteiger partial charge on any atom is 0.123 e. The molecule has 3 nitrogen and oxygen atoms in total. The first-order chi connectivity index (χ1) is 13.7. The fourth-order valence-electron chi connectivity index (χ4n) is 4.70. The molecule has 0 radical (unpaired) electrons. The van der Waals surface area contributed by atoms with E-state index in [1.54, 1.807) is 12.1 Å². The van der Waals surface area contributed by atoms with Gasteiger partial charge in [0.2, 0.25) is 0 Å². The minimum Gasteiger partial charge on any atom is -0.372 e. The van der Waals surface area contributed by atoms with Gasteiger partial charge in [-0.05, 0) is 74.4 Å². The summed E-state index contributed by atoms with van der Waals surface area (Å²) in [7, 11) is 0. The summed E-state index contributed by atoms with van der Waals surface area (Å²) in [6.07, 6.45) is 6.08. The minimum atomic E-state index is -0.185. The van der Waals surface area contributed by atoms with Crippen molar-refractivity contribution in [2.45, 2.75) is 44.4 Å². The summed E-state index contributed by atoms with van der Waals surface area (Å²) in [5.74, 6) is -0.185. The van der Waals surface area contributed by atoms with E-state index in [4.69, 9.17) is 0 Å². The van der Waals surface area contributed by atoms with Crippen LogP contribution in [0.25, 0.3) is 11.3 Å². The van der Waals surface area contributed by atoms with Crippen LogP contribution in [-0.2, 0) is 5.41 Å². The SMILES string of the molecule is Cc1c(-c2ccc(N3CCCCC3)cc2)n[nH]c1C1(c2ccc(F)cc2)CC1. The Kier molecular flexibility index (Phi) is 4.22. The van der Waals surface area contributed by atoms with E-state index in [0.29, 0.717) is 0 Å². The van der Waals surface area contributed by atoms with Crippen LogP contribution in [0.1, 0.15) is 48.9 Å². The highest BCUT2D eigenvalue weighted by Gasteiger charge is 2.48. The molecule has 1 saturated heterocycles. The summed E-state index contributed by atoms with van der Waals surface area (Å²) in [6, 6.07) is 15.8. The largest absolute Gasteiger partial charge is 0.372 e. The van der Waals surface area contributed by atoms with Crippen molar-refractivity contribution in [2.75, 3.05) is 18.0 Å². The molecule has 1 aromatic heterocycles. The minimum absolute atomic E-state index is 0.0310. The maximum absolute atomic E-state index is 13.3. The number of aromatic amines is 1. The summed E-state index contributed by atoms with van der Waals surface area (Å²) >= 11 is 0. The standard InChI is InChI=1S/C24H26FN3/c1-17-22(18-5-11-21(12-6-18)28-15-3-2-4-16-28)26-27-23(17)24(13-14-24)19-7-9-20(25)10-8-19/h5-12H,2-4,13-16H2,1H3,(H,26,27). The van der Waals surface area contributed by atoms with Crippen molar-refractivity contribution in [1.82, 2.24) is 10.2 Å². The summed E-state index contributed by atoms with van der Waals surface area (Å²) in [5.41, 5.74) is 7.00. The zero-order valence-electron chi connectivity index (χ0n) is 16.3. The number of anilines is 1. The lowest BCUT2D eigenvalue weighted by molar-refractivity contribution is 0.578. The first-order valence-corrected chi connectivity index (χ1v) is 10.3. The number of nitrogens with zero attached hydrogens (tertiary/aromatic N) is 2. The molecule has 28 heavy (non-hydrogen) atoms. The van der Waals surface area contributed by atoms with E-state index in [9.17, 15) is 4.39 Å². The van der Waals surface area contributed by atoms with Gasteiger partial charge in [0.25, 0.3) is 0 Å². The molecule has 0 amide bonds. The third kappa shape index (κ3) is 2.92. The Bertz CT molecular complexity index is 962. The monoisotopic (exact) mass is 375 g/mol. The Balaban J connectivity index is 1.43. The van der Waals surface area contributed by atoms with Gasteiger partial charge in [-0.15, -0.1) is 0 Å². The molecular formula is C24H26FN3. The second-order valence-corrected chi connectivity index (χ2v) is 8.26. The van der Waals surface area contributed by atoms with Gasteiger partial charge >= 0.3 is 0 Å². The molecule has 0 spiro atoms. The van der Waals surface area contributed by atoms with Crippen molar-refractivity contribution in [3.63, 3.8) is 0 Å². The van der Waals surface area contributed by atoms with E-state index >= 15 is 0 Å². The number of nitrogens with one attached hydrogen (secondary N) is 1. The van der Waals surface area contributed by atoms with Crippen LogP contribution in [0.5, 0.6) is 0 Å². The number of hydrogen-bond donors (Lipinski definition) is 1. The predicted octanol–water partition coefficient (Wildman–Crippen LogP) is 5.59. The van der Waals surface area contributed by atoms with Crippen LogP contribution in [0, 0.1) is 12.7 Å². The van der Waals surface area contributed by atoms with Gasteiger partial charge in [0.15, 0.2) is 0 Å². The Morgan fingerprint density at radius 3 is 2.25 bits per heavy atom. The van der Waals surface area contributed by atoms with Gasteiger partial charge in [-0.2, -0.15) is 5.10 Å². The van der Waals surface area contributed by atoms with Crippen LogP contribution in [-0.4, -0.2) is 23.3 Å². The molecular weight excluding hydrogens is 349 g/mol. The molecule has 1 aliphatic heterocycles. The first-order valence-electron chi connectivity index (χ1n) is 10.3. The van der Waals surface area contributed by atoms with Crippen molar-refractivity contribution in [3.8, 4) is 11.3 Å². The number of piperidine rings is 1. The normalized spacial score (nSPS) is 18.3. The predicted molar refractivity (Wildman–Crippen MR) is 111 cm³/mol. The third-order valence-corrected chi connectivity index (χ3v) is 6.50. The van der Waals surface area contributed by atoms with Crippen LogP contribution >= 0.6 is 0 Å². The third-order valence-electron chi connectivity index (χ3n) is 6.50. The molecule has 1 saturated carbocycles. The molecule has 2 aliphatic rings. The Hall–Kier alpha value is -2.62. The average molecular weight is 375 g/mol. The summed E-state index contributed by atoms with van der Waals surface area (Å²) in [6.45, 7) is 4.46. The van der Waals surface area contributed by atoms with E-state index in [-0.39, 0.29) is 11.2 Å². The van der Waals surface area contributed by atoms with Crippen molar-refractivity contribution in [2.24, 2.45) is 0 Å². The van der Waals surface area contributed by atoms with Crippen molar-refractivity contribution >= 4 is 5.69 Å². The Morgan fingerprint density at radius 1 is 0.929 bits per heavy atom. The number of H-pyrrole nitrogens is 1. The lowest BCUT2D eigenvalue weighted by atomic mass is 9.89.